The molecule has 6 aromatic heterocycles. The molecule has 0 unspecified atom stereocenters. The summed E-state index contributed by atoms with van der Waals surface area (Å²) >= 11 is 0. The molecule has 0 spiro atoms. The van der Waals surface area contributed by atoms with Crippen molar-refractivity contribution in [1.29, 1.82) is 0 Å². The van der Waals surface area contributed by atoms with Gasteiger partial charge in [0, 0.05) is 121 Å². The number of pyridine rings is 6. The lowest BCUT2D eigenvalue weighted by Gasteiger charge is -2.28. The van der Waals surface area contributed by atoms with Gasteiger partial charge in [0.1, 0.15) is 18.1 Å². The normalized spacial score (nSPS) is 14.6. The predicted molar refractivity (Wildman–Crippen MR) is 342 cm³/mol. The van der Waals surface area contributed by atoms with Crippen molar-refractivity contribution in [3.63, 3.8) is 0 Å². The number of aryl methyl sites for hydroxylation is 1. The minimum Gasteiger partial charge on any atom is -0.494 e. The molecule has 3 aliphatic rings. The molecule has 0 saturated carbocycles. The van der Waals surface area contributed by atoms with Gasteiger partial charge in [0.2, 0.25) is 11.8 Å². The van der Waals surface area contributed by atoms with Gasteiger partial charge in [-0.3, -0.25) is 48.9 Å². The van der Waals surface area contributed by atoms with Crippen molar-refractivity contribution >= 4 is 34.8 Å². The summed E-state index contributed by atoms with van der Waals surface area (Å²) < 4.78 is 19.7. The van der Waals surface area contributed by atoms with Gasteiger partial charge in [-0.15, -0.1) is 0 Å². The van der Waals surface area contributed by atoms with Crippen LogP contribution in [0.25, 0.3) is 22.3 Å². The summed E-state index contributed by atoms with van der Waals surface area (Å²) in [4.78, 5) is 99.2. The van der Waals surface area contributed by atoms with Crippen LogP contribution in [0.2, 0.25) is 0 Å². The Morgan fingerprint density at radius 2 is 1.27 bits per heavy atom. The number of amides is 3. The molecule has 19 heteroatoms. The number of carbonyl (C=O) groups excluding carboxylic acids is 4. The fourth-order valence-electron chi connectivity index (χ4n) is 12.6. The number of rotatable bonds is 25. The summed E-state index contributed by atoms with van der Waals surface area (Å²) in [5, 5.41) is 3.92. The maximum Gasteiger partial charge on any atom is 0.415 e. The summed E-state index contributed by atoms with van der Waals surface area (Å²) in [6.07, 6.45) is 10.3. The van der Waals surface area contributed by atoms with E-state index in [2.05, 4.69) is 60.2 Å². The van der Waals surface area contributed by atoms with E-state index in [0.29, 0.717) is 140 Å². The molecule has 0 bridgehead atoms. The fourth-order valence-corrected chi connectivity index (χ4v) is 12.6. The average molecular weight is 1210 g/mol. The van der Waals surface area contributed by atoms with Crippen LogP contribution >= 0.6 is 0 Å². The van der Waals surface area contributed by atoms with E-state index < -0.39 is 17.4 Å². The molecule has 8 aromatic rings. The van der Waals surface area contributed by atoms with Crippen LogP contribution in [0, 0.1) is 5.41 Å². The van der Waals surface area contributed by atoms with E-state index >= 15 is 0 Å². The third-order valence-electron chi connectivity index (χ3n) is 17.0. The number of ether oxygens (including phenoxy) is 3. The Bertz CT molecular complexity index is 3700. The van der Waals surface area contributed by atoms with Gasteiger partial charge in [0.25, 0.3) is 5.56 Å². The SMILES string of the molecule is CCc1c2c(nc3ccc(OC(=O)N4CCCN(C(=O)CC(C)(C)CC(=O)NCCCCOc5cc(CN(Cc6ccccn6)Cc6ccccn6)cc(CN(Cc6ccccn6)Cc6ccccn6)c5)CC4)cc13)-c1cc3c(c(=O)n1C2)COC(=O)[C@H]3CC. The highest BCUT2D eigenvalue weighted by atomic mass is 16.6. The zero-order valence-electron chi connectivity index (χ0n) is 51.9. The van der Waals surface area contributed by atoms with Crippen LogP contribution in [-0.2, 0) is 78.0 Å². The van der Waals surface area contributed by atoms with Crippen LogP contribution in [0.3, 0.4) is 0 Å². The number of nitrogens with zero attached hydrogens (tertiary/aromatic N) is 10. The van der Waals surface area contributed by atoms with Gasteiger partial charge in [-0.1, -0.05) is 58.0 Å². The minimum absolute atomic E-state index is 0.0370. The molecular weight excluding hydrogens is 1130 g/mol. The highest BCUT2D eigenvalue weighted by Crippen LogP contribution is 2.40. The first kappa shape index (κ1) is 62.4. The zero-order chi connectivity index (χ0) is 62.6. The molecule has 0 aliphatic carbocycles. The first-order chi connectivity index (χ1) is 43.8. The Hall–Kier alpha value is -9.20. The third kappa shape index (κ3) is 15.6. The van der Waals surface area contributed by atoms with Crippen LogP contribution in [0.1, 0.15) is 128 Å². The monoisotopic (exact) mass is 1210 g/mol. The van der Waals surface area contributed by atoms with Crippen molar-refractivity contribution in [2.75, 3.05) is 39.3 Å². The minimum atomic E-state index is -0.610. The Kier molecular flexibility index (Phi) is 20.1. The molecular formula is C71H79N11O8. The number of aromatic nitrogens is 6. The molecule has 3 amide bonds. The van der Waals surface area contributed by atoms with Crippen molar-refractivity contribution in [2.45, 2.75) is 131 Å². The summed E-state index contributed by atoms with van der Waals surface area (Å²) in [5.74, 6) is 0.154. The van der Waals surface area contributed by atoms with Crippen molar-refractivity contribution in [2.24, 2.45) is 5.41 Å². The standard InChI is InChI=1S/C71H79N11O8/c1-5-57-60-37-55(22-23-63(60)77-67-61(57)47-82-64(67)38-59-58(6-2)69(86)89-48-62(59)68(82)85)90-70(87)81-30-17-29-80(31-32-81)66(84)40-71(3,4)39-65(83)76-28-15-16-33-88-56-35-49(41-78(43-51-18-7-11-24-72-51)44-52-19-8-12-25-73-52)34-50(36-56)42-79(45-53-20-9-13-26-74-53)46-54-21-10-14-27-75-54/h7-14,18-27,34-38,58H,5-6,15-17,28-33,39-48H2,1-4H3,(H,76,83)/t58-/m0/s1. The molecule has 3 aliphatic heterocycles. The average Bonchev–Trinajstić information content (AvgIpc) is 1.56. The van der Waals surface area contributed by atoms with Crippen LogP contribution in [-0.4, -0.2) is 112 Å². The molecule has 19 nitrogen and oxygen atoms in total. The number of benzene rings is 2. The fraction of sp³-hybridized carbons (Fsp3) is 0.380. The van der Waals surface area contributed by atoms with Gasteiger partial charge in [-0.2, -0.15) is 0 Å². The number of esters is 1. The van der Waals surface area contributed by atoms with Gasteiger partial charge >= 0.3 is 12.1 Å². The van der Waals surface area contributed by atoms with Gasteiger partial charge in [-0.05, 0) is 145 Å². The highest BCUT2D eigenvalue weighted by Gasteiger charge is 2.36. The summed E-state index contributed by atoms with van der Waals surface area (Å²) in [6, 6.07) is 37.8. The number of hydrogen-bond acceptors (Lipinski definition) is 15. The second-order valence-corrected chi connectivity index (χ2v) is 24.4. The molecule has 9 heterocycles. The molecule has 2 aromatic carbocycles. The smallest absolute Gasteiger partial charge is 0.415 e. The van der Waals surface area contributed by atoms with Crippen LogP contribution < -0.4 is 20.3 Å². The second-order valence-electron chi connectivity index (χ2n) is 24.4. The first-order valence-corrected chi connectivity index (χ1v) is 31.5. The molecule has 0 radical (unpaired) electrons. The van der Waals surface area contributed by atoms with Gasteiger partial charge in [0.15, 0.2) is 0 Å². The number of nitrogens with one attached hydrogen (secondary N) is 1. The van der Waals surface area contributed by atoms with Gasteiger partial charge < -0.3 is 33.9 Å². The Morgan fingerprint density at radius 3 is 1.84 bits per heavy atom. The maximum atomic E-state index is 13.9. The van der Waals surface area contributed by atoms with Crippen molar-refractivity contribution < 1.29 is 33.4 Å². The molecule has 11 rings (SSSR count). The molecule has 466 valence electrons. The first-order valence-electron chi connectivity index (χ1n) is 31.5. The van der Waals surface area contributed by atoms with Crippen LogP contribution in [0.5, 0.6) is 11.5 Å². The van der Waals surface area contributed by atoms with Crippen molar-refractivity contribution in [3.8, 4) is 22.9 Å². The number of fused-ring (bicyclic) bond motifs is 5. The van der Waals surface area contributed by atoms with E-state index in [9.17, 15) is 24.0 Å². The van der Waals surface area contributed by atoms with Crippen molar-refractivity contribution in [1.82, 2.24) is 54.4 Å². The largest absolute Gasteiger partial charge is 0.494 e. The summed E-state index contributed by atoms with van der Waals surface area (Å²) in [7, 11) is 0. The summed E-state index contributed by atoms with van der Waals surface area (Å²) in [6.45, 7) is 14.4. The Morgan fingerprint density at radius 1 is 0.667 bits per heavy atom. The molecule has 1 saturated heterocycles. The lowest BCUT2D eigenvalue weighted by Crippen LogP contribution is -2.40. The number of cyclic esters (lactones) is 1. The van der Waals surface area contributed by atoms with Gasteiger partial charge in [0.05, 0.1) is 64.3 Å². The number of hydrogen-bond donors (Lipinski definition) is 1. The van der Waals surface area contributed by atoms with E-state index in [4.69, 9.17) is 19.2 Å². The van der Waals surface area contributed by atoms with Crippen LogP contribution in [0.15, 0.2) is 145 Å². The quantitative estimate of drug-likeness (QED) is 0.0417. The molecule has 90 heavy (non-hydrogen) atoms. The zero-order valence-corrected chi connectivity index (χ0v) is 51.9. The van der Waals surface area contributed by atoms with Crippen molar-refractivity contribution in [3.05, 3.63) is 207 Å². The predicted octanol–water partition coefficient (Wildman–Crippen LogP) is 10.3. The van der Waals surface area contributed by atoms with Gasteiger partial charge in [-0.25, -0.2) is 9.78 Å². The van der Waals surface area contributed by atoms with E-state index in [-0.39, 0.29) is 42.8 Å². The maximum absolute atomic E-state index is 13.9. The number of unbranched alkanes of at least 4 members (excludes halogenated alkanes) is 1. The lowest BCUT2D eigenvalue weighted by molar-refractivity contribution is -0.148. The second kappa shape index (κ2) is 29.0. The Balaban J connectivity index is 0.663. The number of carbonyl (C=O) groups is 4. The van der Waals surface area contributed by atoms with E-state index in [1.165, 1.54) is 0 Å². The molecule has 1 atom stereocenters. The third-order valence-corrected chi connectivity index (χ3v) is 17.0. The Labute approximate surface area is 525 Å². The highest BCUT2D eigenvalue weighted by molar-refractivity contribution is 5.90. The van der Waals surface area contributed by atoms with E-state index in [0.717, 1.165) is 67.4 Å². The van der Waals surface area contributed by atoms with E-state index in [1.807, 2.05) is 137 Å². The topological polar surface area (TPSA) is 207 Å². The molecule has 1 fully saturated rings. The lowest BCUT2D eigenvalue weighted by atomic mass is 9.84. The molecule has 1 N–H and O–H groups in total. The van der Waals surface area contributed by atoms with E-state index in [1.54, 1.807) is 20.4 Å². The van der Waals surface area contributed by atoms with Crippen LogP contribution in [0.4, 0.5) is 4.79 Å². The summed E-state index contributed by atoms with van der Waals surface area (Å²) in [5.41, 5.74) is 10.6.